The van der Waals surface area contributed by atoms with Crippen LogP contribution in [0.3, 0.4) is 0 Å². The van der Waals surface area contributed by atoms with Crippen LogP contribution in [-0.2, 0) is 4.74 Å². The van der Waals surface area contributed by atoms with Crippen LogP contribution in [-0.4, -0.2) is 29.6 Å². The number of hydrogen-bond donors (Lipinski definition) is 3. The van der Waals surface area contributed by atoms with Gasteiger partial charge in [0, 0.05) is 5.56 Å². The minimum absolute atomic E-state index is 0.253. The van der Waals surface area contributed by atoms with Gasteiger partial charge in [0.05, 0.1) is 13.3 Å². The van der Waals surface area contributed by atoms with Crippen LogP contribution in [0.2, 0.25) is 0 Å². The van der Waals surface area contributed by atoms with Gasteiger partial charge in [0.1, 0.15) is 0 Å². The van der Waals surface area contributed by atoms with Crippen molar-refractivity contribution in [2.75, 3.05) is 7.11 Å². The Morgan fingerprint density at radius 3 is 2.93 bits per heavy atom. The van der Waals surface area contributed by atoms with Crippen LogP contribution in [0.1, 0.15) is 5.56 Å². The molecule has 1 rings (SSSR count). The number of nitrogens with one attached hydrogen (secondary N) is 1. The van der Waals surface area contributed by atoms with E-state index in [-0.39, 0.29) is 17.1 Å². The molecule has 80 valence electrons. The Morgan fingerprint density at radius 2 is 2.27 bits per heavy atom. The molecule has 0 saturated carbocycles. The summed E-state index contributed by atoms with van der Waals surface area (Å²) in [5, 5.41) is 22.0. The van der Waals surface area contributed by atoms with E-state index >= 15 is 0 Å². The minimum atomic E-state index is -0.717. The number of para-hydroxylation sites is 1. The van der Waals surface area contributed by atoms with Crippen LogP contribution in [0.25, 0.3) is 0 Å². The molecule has 0 aliphatic carbocycles. The zero-order valence-corrected chi connectivity index (χ0v) is 7.97. The van der Waals surface area contributed by atoms with Crippen molar-refractivity contribution in [1.29, 1.82) is 0 Å². The van der Waals surface area contributed by atoms with Gasteiger partial charge in [0.15, 0.2) is 11.5 Å². The summed E-state index contributed by atoms with van der Waals surface area (Å²) in [7, 11) is 1.21. The van der Waals surface area contributed by atoms with E-state index in [9.17, 15) is 9.90 Å². The zero-order chi connectivity index (χ0) is 11.3. The second-order valence-electron chi connectivity index (χ2n) is 2.58. The van der Waals surface area contributed by atoms with E-state index in [0.29, 0.717) is 0 Å². The van der Waals surface area contributed by atoms with Gasteiger partial charge in [-0.05, 0) is 12.1 Å². The van der Waals surface area contributed by atoms with Crippen LogP contribution in [0.15, 0.2) is 23.3 Å². The van der Waals surface area contributed by atoms with Crippen molar-refractivity contribution in [3.05, 3.63) is 23.8 Å². The molecular formula is C9H10N2O4. The largest absolute Gasteiger partial charge is 0.504 e. The number of amides is 1. The number of hydrogen-bond acceptors (Lipinski definition) is 5. The van der Waals surface area contributed by atoms with Crippen molar-refractivity contribution in [2.24, 2.45) is 5.10 Å². The van der Waals surface area contributed by atoms with Crippen molar-refractivity contribution in [3.63, 3.8) is 0 Å². The van der Waals surface area contributed by atoms with Gasteiger partial charge in [-0.2, -0.15) is 5.10 Å². The Labute approximate surface area is 85.8 Å². The molecule has 1 aromatic carbocycles. The Kier molecular flexibility index (Phi) is 3.50. The highest BCUT2D eigenvalue weighted by Crippen LogP contribution is 2.26. The maximum atomic E-state index is 10.6. The van der Waals surface area contributed by atoms with Crippen molar-refractivity contribution in [2.45, 2.75) is 0 Å². The van der Waals surface area contributed by atoms with Gasteiger partial charge >= 0.3 is 6.09 Å². The van der Waals surface area contributed by atoms with E-state index in [2.05, 4.69) is 9.84 Å². The van der Waals surface area contributed by atoms with Gasteiger partial charge in [-0.25, -0.2) is 10.2 Å². The standard InChI is InChI=1S/C9H10N2O4/c1-15-9(14)11-10-5-6-3-2-4-7(12)8(6)13/h2-5,12-13H,1H3,(H,11,14). The Morgan fingerprint density at radius 1 is 1.53 bits per heavy atom. The predicted octanol–water partition coefficient (Wildman–Crippen LogP) is 0.788. The summed E-state index contributed by atoms with van der Waals surface area (Å²) in [6.45, 7) is 0. The number of phenols is 2. The number of phenolic OH excluding ortho intramolecular Hbond substituents is 2. The number of methoxy groups -OCH3 is 1. The van der Waals surface area contributed by atoms with Crippen LogP contribution < -0.4 is 5.43 Å². The summed E-state index contributed by atoms with van der Waals surface area (Å²) in [5.41, 5.74) is 2.33. The van der Waals surface area contributed by atoms with Crippen LogP contribution >= 0.6 is 0 Å². The third kappa shape index (κ3) is 2.87. The van der Waals surface area contributed by atoms with Gasteiger partial charge in [-0.15, -0.1) is 0 Å². The molecule has 0 radical (unpaired) electrons. The first-order valence-electron chi connectivity index (χ1n) is 4.03. The normalized spacial score (nSPS) is 10.2. The molecule has 0 aromatic heterocycles. The minimum Gasteiger partial charge on any atom is -0.504 e. The number of nitrogens with zero attached hydrogens (tertiary/aromatic N) is 1. The highest BCUT2D eigenvalue weighted by Gasteiger charge is 2.02. The van der Waals surface area contributed by atoms with Crippen molar-refractivity contribution in [1.82, 2.24) is 5.43 Å². The highest BCUT2D eigenvalue weighted by molar-refractivity contribution is 5.85. The van der Waals surface area contributed by atoms with Crippen molar-refractivity contribution in [3.8, 4) is 11.5 Å². The SMILES string of the molecule is COC(=O)NN=Cc1cccc(O)c1O. The number of benzene rings is 1. The molecule has 6 heteroatoms. The molecule has 0 aliphatic rings. The van der Waals surface area contributed by atoms with E-state index < -0.39 is 6.09 Å². The monoisotopic (exact) mass is 210 g/mol. The first-order valence-corrected chi connectivity index (χ1v) is 4.03. The summed E-state index contributed by atoms with van der Waals surface area (Å²) in [4.78, 5) is 10.6. The van der Waals surface area contributed by atoms with Crippen LogP contribution in [0.4, 0.5) is 4.79 Å². The molecular weight excluding hydrogens is 200 g/mol. The molecule has 0 heterocycles. The van der Waals surface area contributed by atoms with E-state index in [1.807, 2.05) is 5.43 Å². The molecule has 1 aromatic rings. The smallest absolute Gasteiger partial charge is 0.427 e. The third-order valence-electron chi connectivity index (χ3n) is 1.59. The van der Waals surface area contributed by atoms with E-state index in [0.717, 1.165) is 0 Å². The fourth-order valence-corrected chi connectivity index (χ4v) is 0.853. The van der Waals surface area contributed by atoms with Crippen molar-refractivity contribution >= 4 is 12.3 Å². The lowest BCUT2D eigenvalue weighted by molar-refractivity contribution is 0.171. The average molecular weight is 210 g/mol. The summed E-state index contributed by atoms with van der Waals surface area (Å²) in [6.07, 6.45) is 0.470. The summed E-state index contributed by atoms with van der Waals surface area (Å²) >= 11 is 0. The summed E-state index contributed by atoms with van der Waals surface area (Å²) < 4.78 is 4.27. The van der Waals surface area contributed by atoms with Gasteiger partial charge < -0.3 is 14.9 Å². The quantitative estimate of drug-likeness (QED) is 0.382. The predicted molar refractivity (Wildman–Crippen MR) is 52.9 cm³/mol. The molecule has 0 bridgehead atoms. The van der Waals surface area contributed by atoms with E-state index in [1.54, 1.807) is 0 Å². The first kappa shape index (κ1) is 10.8. The molecule has 15 heavy (non-hydrogen) atoms. The maximum absolute atomic E-state index is 10.6. The zero-order valence-electron chi connectivity index (χ0n) is 7.97. The number of aromatic hydroxyl groups is 2. The average Bonchev–Trinajstić information content (AvgIpc) is 2.24. The maximum Gasteiger partial charge on any atom is 0.427 e. The molecule has 0 saturated heterocycles. The molecule has 3 N–H and O–H groups in total. The fourth-order valence-electron chi connectivity index (χ4n) is 0.853. The molecule has 0 fully saturated rings. The first-order chi connectivity index (χ1) is 7.15. The lowest BCUT2D eigenvalue weighted by Gasteiger charge is -2.00. The van der Waals surface area contributed by atoms with Crippen molar-refractivity contribution < 1.29 is 19.7 Å². The molecule has 0 aliphatic heterocycles. The number of carbonyl (C=O) groups excluding carboxylic acids is 1. The lowest BCUT2D eigenvalue weighted by Crippen LogP contribution is -2.16. The molecule has 6 nitrogen and oxygen atoms in total. The number of ether oxygens (including phenoxy) is 1. The number of rotatable bonds is 2. The summed E-state index contributed by atoms with van der Waals surface area (Å²) in [5.74, 6) is -0.551. The van der Waals surface area contributed by atoms with Gasteiger partial charge in [-0.1, -0.05) is 6.07 Å². The summed E-state index contributed by atoms with van der Waals surface area (Å²) in [6, 6.07) is 4.40. The second kappa shape index (κ2) is 4.85. The van der Waals surface area contributed by atoms with E-state index in [4.69, 9.17) is 5.11 Å². The topological polar surface area (TPSA) is 91.2 Å². The number of hydrazone groups is 1. The Bertz CT molecular complexity index is 390. The molecule has 0 spiro atoms. The lowest BCUT2D eigenvalue weighted by atomic mass is 10.2. The molecule has 1 amide bonds. The van der Waals surface area contributed by atoms with Gasteiger partial charge in [0.25, 0.3) is 0 Å². The fraction of sp³-hybridized carbons (Fsp3) is 0.111. The van der Waals surface area contributed by atoms with E-state index in [1.165, 1.54) is 31.5 Å². The second-order valence-corrected chi connectivity index (χ2v) is 2.58. The van der Waals surface area contributed by atoms with Gasteiger partial charge in [0.2, 0.25) is 0 Å². The Balaban J connectivity index is 2.72. The van der Waals surface area contributed by atoms with Crippen LogP contribution in [0, 0.1) is 0 Å². The van der Waals surface area contributed by atoms with Gasteiger partial charge in [-0.3, -0.25) is 0 Å². The highest BCUT2D eigenvalue weighted by atomic mass is 16.5. The Hall–Kier alpha value is -2.24. The molecule has 0 unspecified atom stereocenters. The molecule has 0 atom stereocenters. The third-order valence-corrected chi connectivity index (χ3v) is 1.59. The number of carbonyl (C=O) groups is 1. The van der Waals surface area contributed by atoms with Crippen LogP contribution in [0.5, 0.6) is 11.5 Å².